The number of esters is 3. The van der Waals surface area contributed by atoms with Crippen LogP contribution in [0.3, 0.4) is 0 Å². The molecule has 0 spiro atoms. The highest BCUT2D eigenvalue weighted by Gasteiger charge is 2.36. The maximum Gasteiger partial charge on any atom is 0.306 e. The molecule has 0 bridgehead atoms. The summed E-state index contributed by atoms with van der Waals surface area (Å²) in [5.41, 5.74) is 1.02. The Kier molecular flexibility index (Phi) is 30.6. The van der Waals surface area contributed by atoms with E-state index < -0.39 is 0 Å². The van der Waals surface area contributed by atoms with Gasteiger partial charge in [-0.25, -0.2) is 0 Å². The van der Waals surface area contributed by atoms with Gasteiger partial charge in [-0.1, -0.05) is 165 Å². The summed E-state index contributed by atoms with van der Waals surface area (Å²) in [6.45, 7) is 3.70. The van der Waals surface area contributed by atoms with Crippen molar-refractivity contribution in [3.63, 3.8) is 0 Å². The highest BCUT2D eigenvalue weighted by atomic mass is 16.6. The van der Waals surface area contributed by atoms with E-state index in [0.29, 0.717) is 51.3 Å². The Balaban J connectivity index is 1.20. The summed E-state index contributed by atoms with van der Waals surface area (Å²) in [7, 11) is 0. The van der Waals surface area contributed by atoms with Crippen LogP contribution >= 0.6 is 0 Å². The summed E-state index contributed by atoms with van der Waals surface area (Å²) in [5.74, 6) is -0.211. The lowest BCUT2D eigenvalue weighted by Gasteiger charge is -2.06. The Morgan fingerprint density at radius 3 is 1.50 bits per heavy atom. The lowest BCUT2D eigenvalue weighted by atomic mass is 10.1. The Labute approximate surface area is 330 Å². The van der Waals surface area contributed by atoms with Gasteiger partial charge in [0.05, 0.1) is 25.4 Å². The average molecular weight is 755 g/mol. The SMILES string of the molecule is CCCCCC1OC1CC=CCCCCCCCC(=O)OCCCCCCCCCCOC(=O)CCCCCCCCCCC(=O)OCc1ccccc1. The summed E-state index contributed by atoms with van der Waals surface area (Å²) in [6, 6.07) is 9.79. The third-order valence-electron chi connectivity index (χ3n) is 10.4. The second-order valence-electron chi connectivity index (χ2n) is 15.5. The van der Waals surface area contributed by atoms with E-state index in [1.165, 1.54) is 83.5 Å². The molecule has 7 nitrogen and oxygen atoms in total. The predicted molar refractivity (Wildman–Crippen MR) is 220 cm³/mol. The van der Waals surface area contributed by atoms with E-state index >= 15 is 0 Å². The molecule has 2 atom stereocenters. The molecule has 0 radical (unpaired) electrons. The molecule has 1 saturated heterocycles. The number of hydrogen-bond acceptors (Lipinski definition) is 7. The van der Waals surface area contributed by atoms with E-state index in [9.17, 15) is 14.4 Å². The highest BCUT2D eigenvalue weighted by Crippen LogP contribution is 2.30. The minimum absolute atomic E-state index is 0.0376. The maximum atomic E-state index is 12.0. The van der Waals surface area contributed by atoms with E-state index in [-0.39, 0.29) is 17.9 Å². The molecule has 1 aliphatic rings. The van der Waals surface area contributed by atoms with Gasteiger partial charge in [0, 0.05) is 19.3 Å². The zero-order valence-electron chi connectivity index (χ0n) is 34.4. The van der Waals surface area contributed by atoms with Crippen LogP contribution in [0.5, 0.6) is 0 Å². The monoisotopic (exact) mass is 755 g/mol. The van der Waals surface area contributed by atoms with Crippen molar-refractivity contribution in [2.75, 3.05) is 13.2 Å². The summed E-state index contributed by atoms with van der Waals surface area (Å²) in [6.07, 6.45) is 37.7. The van der Waals surface area contributed by atoms with Crippen molar-refractivity contribution in [1.29, 1.82) is 0 Å². The quantitative estimate of drug-likeness (QED) is 0.0218. The number of benzene rings is 1. The fourth-order valence-electron chi connectivity index (χ4n) is 6.84. The van der Waals surface area contributed by atoms with Gasteiger partial charge >= 0.3 is 17.9 Å². The minimum Gasteiger partial charge on any atom is -0.466 e. The first-order chi connectivity index (χ1) is 26.6. The van der Waals surface area contributed by atoms with Crippen LogP contribution in [0.15, 0.2) is 42.5 Å². The number of unbranched alkanes of at least 4 members (excludes halogenated alkanes) is 21. The maximum absolute atomic E-state index is 12.0. The van der Waals surface area contributed by atoms with E-state index in [0.717, 1.165) is 95.5 Å². The molecule has 2 rings (SSSR count). The van der Waals surface area contributed by atoms with Crippen LogP contribution in [0, 0.1) is 0 Å². The Bertz CT molecular complexity index is 1070. The smallest absolute Gasteiger partial charge is 0.306 e. The number of epoxide rings is 1. The van der Waals surface area contributed by atoms with Crippen molar-refractivity contribution in [1.82, 2.24) is 0 Å². The Morgan fingerprint density at radius 2 is 0.981 bits per heavy atom. The van der Waals surface area contributed by atoms with Gasteiger partial charge in [0.1, 0.15) is 6.61 Å². The van der Waals surface area contributed by atoms with Crippen LogP contribution in [0.25, 0.3) is 0 Å². The van der Waals surface area contributed by atoms with Gasteiger partial charge in [-0.2, -0.15) is 0 Å². The lowest BCUT2D eigenvalue weighted by Crippen LogP contribution is -2.05. The second-order valence-corrected chi connectivity index (χ2v) is 15.5. The Morgan fingerprint density at radius 1 is 0.519 bits per heavy atom. The molecule has 0 amide bonds. The highest BCUT2D eigenvalue weighted by molar-refractivity contribution is 5.69. The number of rotatable bonds is 38. The third kappa shape index (κ3) is 29.7. The van der Waals surface area contributed by atoms with Crippen molar-refractivity contribution in [2.24, 2.45) is 0 Å². The molecule has 0 saturated carbocycles. The topological polar surface area (TPSA) is 91.4 Å². The molecular formula is C47H78O7. The molecule has 1 aliphatic heterocycles. The standard InChI is InChI=1S/C47H78O7/c1-2-3-23-34-43-44(54-43)35-26-16-10-4-5-11-17-27-36-45(48)51-39-30-20-14-8-9-15-21-31-40-52-46(49)37-28-18-12-6-7-13-19-29-38-47(50)53-41-42-32-24-22-25-33-42/h16,22,24-26,32-33,43-44H,2-15,17-21,23,27-31,34-41H2,1H3. The zero-order valence-corrected chi connectivity index (χ0v) is 34.4. The Hall–Kier alpha value is -2.67. The summed E-state index contributed by atoms with van der Waals surface area (Å²) >= 11 is 0. The van der Waals surface area contributed by atoms with E-state index in [1.807, 2.05) is 30.3 Å². The van der Waals surface area contributed by atoms with E-state index in [4.69, 9.17) is 18.9 Å². The van der Waals surface area contributed by atoms with Crippen molar-refractivity contribution < 1.29 is 33.3 Å². The molecule has 54 heavy (non-hydrogen) atoms. The molecule has 1 fully saturated rings. The molecule has 1 aromatic carbocycles. The number of carbonyl (C=O) groups excluding carboxylic acids is 3. The first kappa shape index (κ1) is 47.5. The molecule has 1 heterocycles. The molecular weight excluding hydrogens is 677 g/mol. The van der Waals surface area contributed by atoms with Crippen molar-refractivity contribution in [2.45, 2.75) is 218 Å². The fourth-order valence-corrected chi connectivity index (χ4v) is 6.84. The first-order valence-corrected chi connectivity index (χ1v) is 22.4. The molecule has 7 heteroatoms. The first-order valence-electron chi connectivity index (χ1n) is 22.4. The second kappa shape index (κ2) is 34.8. The van der Waals surface area contributed by atoms with Gasteiger partial charge in [-0.15, -0.1) is 0 Å². The molecule has 2 unspecified atom stereocenters. The molecule has 0 N–H and O–H groups in total. The van der Waals surface area contributed by atoms with Crippen LogP contribution in [0.4, 0.5) is 0 Å². The van der Waals surface area contributed by atoms with Crippen LogP contribution in [0.1, 0.15) is 205 Å². The number of ether oxygens (including phenoxy) is 4. The van der Waals surface area contributed by atoms with Gasteiger partial charge in [0.15, 0.2) is 0 Å². The molecule has 1 aromatic rings. The normalized spacial score (nSPS) is 15.1. The predicted octanol–water partition coefficient (Wildman–Crippen LogP) is 12.9. The van der Waals surface area contributed by atoms with Crippen LogP contribution in [-0.4, -0.2) is 43.3 Å². The molecule has 0 aliphatic carbocycles. The largest absolute Gasteiger partial charge is 0.466 e. The third-order valence-corrected chi connectivity index (χ3v) is 10.4. The fraction of sp³-hybridized carbons (Fsp3) is 0.766. The van der Waals surface area contributed by atoms with Crippen molar-refractivity contribution >= 4 is 17.9 Å². The van der Waals surface area contributed by atoms with Gasteiger partial charge < -0.3 is 18.9 Å². The number of allylic oxidation sites excluding steroid dienone is 1. The average Bonchev–Trinajstić information content (AvgIpc) is 3.94. The zero-order chi connectivity index (χ0) is 38.6. The van der Waals surface area contributed by atoms with Gasteiger partial charge in [-0.3, -0.25) is 14.4 Å². The summed E-state index contributed by atoms with van der Waals surface area (Å²) < 4.78 is 21.9. The van der Waals surface area contributed by atoms with Crippen molar-refractivity contribution in [3.8, 4) is 0 Å². The number of hydrogen-bond donors (Lipinski definition) is 0. The number of carbonyl (C=O) groups is 3. The minimum atomic E-state index is -0.113. The van der Waals surface area contributed by atoms with Gasteiger partial charge in [0.2, 0.25) is 0 Å². The molecule has 0 aromatic heterocycles. The van der Waals surface area contributed by atoms with Crippen LogP contribution in [0.2, 0.25) is 0 Å². The van der Waals surface area contributed by atoms with E-state index in [2.05, 4.69) is 19.1 Å². The van der Waals surface area contributed by atoms with E-state index in [1.54, 1.807) is 0 Å². The van der Waals surface area contributed by atoms with Crippen molar-refractivity contribution in [3.05, 3.63) is 48.0 Å². The molecule has 308 valence electrons. The van der Waals surface area contributed by atoms with Crippen LogP contribution < -0.4 is 0 Å². The lowest BCUT2D eigenvalue weighted by molar-refractivity contribution is -0.145. The van der Waals surface area contributed by atoms with Gasteiger partial charge in [0.25, 0.3) is 0 Å². The van der Waals surface area contributed by atoms with Gasteiger partial charge in [-0.05, 0) is 63.4 Å². The summed E-state index contributed by atoms with van der Waals surface area (Å²) in [5, 5.41) is 0. The summed E-state index contributed by atoms with van der Waals surface area (Å²) in [4.78, 5) is 35.9. The van der Waals surface area contributed by atoms with Crippen LogP contribution in [-0.2, 0) is 39.9 Å².